The van der Waals surface area contributed by atoms with Crippen LogP contribution in [0, 0.1) is 0 Å². The van der Waals surface area contributed by atoms with E-state index < -0.39 is 16.0 Å². The predicted molar refractivity (Wildman–Crippen MR) is 97.2 cm³/mol. The molecule has 0 saturated heterocycles. The minimum Gasteiger partial charge on any atom is -0.492 e. The molecule has 0 amide bonds. The predicted octanol–water partition coefficient (Wildman–Crippen LogP) is 2.94. The normalized spacial score (nSPS) is 11.4. The molecule has 0 aliphatic carbocycles. The molecule has 2 aromatic rings. The highest BCUT2D eigenvalue weighted by molar-refractivity contribution is 9.10. The lowest BCUT2D eigenvalue weighted by Crippen LogP contribution is -2.31. The number of methoxy groups -OCH3 is 1. The Labute approximate surface area is 155 Å². The van der Waals surface area contributed by atoms with Crippen LogP contribution in [0.15, 0.2) is 57.9 Å². The monoisotopic (exact) mass is 427 g/mol. The fourth-order valence-electron chi connectivity index (χ4n) is 2.00. The molecule has 134 valence electrons. The first-order valence-electron chi connectivity index (χ1n) is 7.37. The lowest BCUT2D eigenvalue weighted by Gasteiger charge is -2.17. The van der Waals surface area contributed by atoms with Gasteiger partial charge in [0.15, 0.2) is 0 Å². The van der Waals surface area contributed by atoms with Gasteiger partial charge in [-0.05, 0) is 48.5 Å². The molecule has 0 N–H and O–H groups in total. The van der Waals surface area contributed by atoms with Gasteiger partial charge in [-0.3, -0.25) is 0 Å². The lowest BCUT2D eigenvalue weighted by atomic mass is 10.2. The van der Waals surface area contributed by atoms with E-state index in [1.165, 1.54) is 42.7 Å². The van der Waals surface area contributed by atoms with Gasteiger partial charge in [0.25, 0.3) is 0 Å². The number of sulfonamides is 1. The number of nitrogens with zero attached hydrogens (tertiary/aromatic N) is 1. The molecule has 6 nitrogen and oxygen atoms in total. The molecule has 0 aliphatic rings. The Morgan fingerprint density at radius 3 is 2.24 bits per heavy atom. The van der Waals surface area contributed by atoms with Gasteiger partial charge in [-0.1, -0.05) is 15.9 Å². The van der Waals surface area contributed by atoms with Crippen molar-refractivity contribution in [2.75, 3.05) is 27.3 Å². The molecule has 0 atom stereocenters. The average Bonchev–Trinajstić information content (AvgIpc) is 2.62. The van der Waals surface area contributed by atoms with Gasteiger partial charge in [-0.2, -0.15) is 4.31 Å². The molecule has 0 saturated carbocycles. The number of carbonyl (C=O) groups is 1. The van der Waals surface area contributed by atoms with Crippen LogP contribution < -0.4 is 4.74 Å². The Hall–Kier alpha value is -1.90. The van der Waals surface area contributed by atoms with E-state index in [0.29, 0.717) is 11.3 Å². The number of hydrogen-bond donors (Lipinski definition) is 0. The molecule has 0 heterocycles. The van der Waals surface area contributed by atoms with Crippen molar-refractivity contribution in [1.29, 1.82) is 0 Å². The molecule has 8 heteroatoms. The smallest absolute Gasteiger partial charge is 0.337 e. The second-order valence-corrected chi connectivity index (χ2v) is 8.11. The molecule has 2 rings (SSSR count). The topological polar surface area (TPSA) is 72.9 Å². The summed E-state index contributed by atoms with van der Waals surface area (Å²) in [4.78, 5) is 11.5. The number of esters is 1. The Balaban J connectivity index is 1.98. The summed E-state index contributed by atoms with van der Waals surface area (Å²) in [5.74, 6) is 0.150. The Kier molecular flexibility index (Phi) is 6.57. The van der Waals surface area contributed by atoms with Crippen LogP contribution in [0.25, 0.3) is 0 Å². The Bertz CT molecular complexity index is 819. The maximum absolute atomic E-state index is 12.5. The van der Waals surface area contributed by atoms with Gasteiger partial charge in [0.05, 0.1) is 17.6 Å². The van der Waals surface area contributed by atoms with Crippen LogP contribution >= 0.6 is 15.9 Å². The van der Waals surface area contributed by atoms with Gasteiger partial charge in [0.2, 0.25) is 10.0 Å². The molecule has 0 unspecified atom stereocenters. The lowest BCUT2D eigenvalue weighted by molar-refractivity contribution is 0.0600. The summed E-state index contributed by atoms with van der Waals surface area (Å²) < 4.78 is 37.3. The van der Waals surface area contributed by atoms with Crippen molar-refractivity contribution >= 4 is 31.9 Å². The largest absolute Gasteiger partial charge is 0.492 e. The molecule has 0 fully saturated rings. The third kappa shape index (κ3) is 5.04. The van der Waals surface area contributed by atoms with Gasteiger partial charge >= 0.3 is 5.97 Å². The van der Waals surface area contributed by atoms with E-state index >= 15 is 0 Å². The maximum atomic E-state index is 12.5. The number of benzene rings is 2. The van der Waals surface area contributed by atoms with E-state index in [1.54, 1.807) is 12.1 Å². The van der Waals surface area contributed by atoms with E-state index in [9.17, 15) is 13.2 Å². The Morgan fingerprint density at radius 2 is 1.68 bits per heavy atom. The molecular formula is C17H18BrNO5S. The van der Waals surface area contributed by atoms with E-state index in [2.05, 4.69) is 20.7 Å². The number of rotatable bonds is 7. The summed E-state index contributed by atoms with van der Waals surface area (Å²) >= 11 is 3.34. The number of likely N-dealkylation sites (N-methyl/N-ethyl adjacent to an activating group) is 1. The van der Waals surface area contributed by atoms with Crippen LogP contribution in [0.3, 0.4) is 0 Å². The van der Waals surface area contributed by atoms with Gasteiger partial charge in [-0.15, -0.1) is 0 Å². The number of ether oxygens (including phenoxy) is 2. The summed E-state index contributed by atoms with van der Waals surface area (Å²) in [6, 6.07) is 12.9. The first-order valence-corrected chi connectivity index (χ1v) is 9.61. The molecule has 2 aromatic carbocycles. The van der Waals surface area contributed by atoms with E-state index in [4.69, 9.17) is 4.74 Å². The van der Waals surface area contributed by atoms with Gasteiger partial charge in [0.1, 0.15) is 12.4 Å². The third-order valence-electron chi connectivity index (χ3n) is 3.47. The highest BCUT2D eigenvalue weighted by Crippen LogP contribution is 2.17. The summed E-state index contributed by atoms with van der Waals surface area (Å²) in [6.07, 6.45) is 0. The molecule has 25 heavy (non-hydrogen) atoms. The molecule has 0 aromatic heterocycles. The zero-order valence-corrected chi connectivity index (χ0v) is 16.2. The maximum Gasteiger partial charge on any atom is 0.337 e. The first-order chi connectivity index (χ1) is 11.8. The van der Waals surface area contributed by atoms with Crippen molar-refractivity contribution in [2.24, 2.45) is 0 Å². The average molecular weight is 428 g/mol. The van der Waals surface area contributed by atoms with Gasteiger partial charge < -0.3 is 9.47 Å². The number of carbonyl (C=O) groups excluding carboxylic acids is 1. The SMILES string of the molecule is COC(=O)c1ccc(S(=O)(=O)N(C)CCOc2ccc(Br)cc2)cc1. The van der Waals surface area contributed by atoms with Crippen molar-refractivity contribution in [3.8, 4) is 5.75 Å². The summed E-state index contributed by atoms with van der Waals surface area (Å²) in [5.41, 5.74) is 0.294. The van der Waals surface area contributed by atoms with Crippen molar-refractivity contribution in [2.45, 2.75) is 4.90 Å². The van der Waals surface area contributed by atoms with Crippen LogP contribution in [0.4, 0.5) is 0 Å². The van der Waals surface area contributed by atoms with Crippen LogP contribution in [0.2, 0.25) is 0 Å². The van der Waals surface area contributed by atoms with Crippen LogP contribution in [-0.4, -0.2) is 46.0 Å². The molecule has 0 aliphatic heterocycles. The third-order valence-corrected chi connectivity index (χ3v) is 5.87. The summed E-state index contributed by atoms with van der Waals surface area (Å²) in [5, 5.41) is 0. The minimum atomic E-state index is -3.66. The highest BCUT2D eigenvalue weighted by atomic mass is 79.9. The fraction of sp³-hybridized carbons (Fsp3) is 0.235. The molecule has 0 bridgehead atoms. The van der Waals surface area contributed by atoms with Gasteiger partial charge in [0, 0.05) is 18.1 Å². The van der Waals surface area contributed by atoms with Crippen LogP contribution in [-0.2, 0) is 14.8 Å². The van der Waals surface area contributed by atoms with Gasteiger partial charge in [-0.25, -0.2) is 13.2 Å². The quantitative estimate of drug-likeness (QED) is 0.635. The second kappa shape index (κ2) is 8.46. The zero-order valence-electron chi connectivity index (χ0n) is 13.8. The van der Waals surface area contributed by atoms with Crippen LogP contribution in [0.5, 0.6) is 5.75 Å². The van der Waals surface area contributed by atoms with E-state index in [0.717, 1.165) is 4.47 Å². The molecule has 0 radical (unpaired) electrons. The Morgan fingerprint density at radius 1 is 1.08 bits per heavy atom. The van der Waals surface area contributed by atoms with E-state index in [1.807, 2.05) is 12.1 Å². The van der Waals surface area contributed by atoms with Crippen molar-refractivity contribution in [1.82, 2.24) is 4.31 Å². The number of halogens is 1. The molecule has 0 spiro atoms. The fourth-order valence-corrected chi connectivity index (χ4v) is 3.42. The second-order valence-electron chi connectivity index (χ2n) is 5.14. The van der Waals surface area contributed by atoms with Crippen molar-refractivity contribution < 1.29 is 22.7 Å². The number of hydrogen-bond acceptors (Lipinski definition) is 5. The first kappa shape index (κ1) is 19.4. The van der Waals surface area contributed by atoms with Crippen molar-refractivity contribution in [3.05, 3.63) is 58.6 Å². The molecular weight excluding hydrogens is 410 g/mol. The summed E-state index contributed by atoms with van der Waals surface area (Å²) in [6.45, 7) is 0.411. The summed E-state index contributed by atoms with van der Waals surface area (Å²) in [7, 11) is -0.905. The minimum absolute atomic E-state index is 0.103. The van der Waals surface area contributed by atoms with Crippen molar-refractivity contribution in [3.63, 3.8) is 0 Å². The highest BCUT2D eigenvalue weighted by Gasteiger charge is 2.21. The standard InChI is InChI=1S/C17H18BrNO5S/c1-19(11-12-24-15-7-5-14(18)6-8-15)25(21,22)16-9-3-13(4-10-16)17(20)23-2/h3-10H,11-12H2,1-2H3. The van der Waals surface area contributed by atoms with Crippen LogP contribution in [0.1, 0.15) is 10.4 Å². The zero-order chi connectivity index (χ0) is 18.4. The van der Waals surface area contributed by atoms with E-state index in [-0.39, 0.29) is 18.0 Å².